The second kappa shape index (κ2) is 7.04. The zero-order valence-corrected chi connectivity index (χ0v) is 16.1. The third-order valence-corrected chi connectivity index (χ3v) is 4.91. The van der Waals surface area contributed by atoms with Crippen molar-refractivity contribution in [1.82, 2.24) is 9.78 Å². The third kappa shape index (κ3) is 2.86. The van der Waals surface area contributed by atoms with Crippen LogP contribution in [0.25, 0.3) is 16.9 Å². The monoisotopic (exact) mass is 385 g/mol. The number of para-hydroxylation sites is 1. The maximum atomic E-state index is 6.23. The fourth-order valence-electron chi connectivity index (χ4n) is 3.47. The van der Waals surface area contributed by atoms with Crippen molar-refractivity contribution in [3.63, 3.8) is 0 Å². The van der Waals surface area contributed by atoms with Gasteiger partial charge in [0.1, 0.15) is 22.9 Å². The van der Waals surface area contributed by atoms with Crippen LogP contribution < -0.4 is 19.5 Å². The van der Waals surface area contributed by atoms with Gasteiger partial charge >= 0.3 is 0 Å². The molecule has 0 saturated heterocycles. The lowest BCUT2D eigenvalue weighted by Gasteiger charge is -2.12. The predicted octanol–water partition coefficient (Wildman–Crippen LogP) is 4.19. The van der Waals surface area contributed by atoms with Crippen LogP contribution in [0.5, 0.6) is 17.2 Å². The molecule has 4 rings (SSSR count). The van der Waals surface area contributed by atoms with Gasteiger partial charge in [-0.3, -0.25) is 0 Å². The van der Waals surface area contributed by atoms with Gasteiger partial charge in [0.25, 0.3) is 0 Å². The Kier molecular flexibility index (Phi) is 4.58. The molecule has 27 heavy (non-hydrogen) atoms. The van der Waals surface area contributed by atoms with E-state index in [4.69, 9.17) is 30.9 Å². The highest BCUT2D eigenvalue weighted by Crippen LogP contribution is 2.43. The van der Waals surface area contributed by atoms with E-state index in [9.17, 15) is 0 Å². The highest BCUT2D eigenvalue weighted by atomic mass is 35.5. The molecule has 2 heterocycles. The maximum Gasteiger partial charge on any atom is 0.170 e. The Labute approximate surface area is 162 Å². The molecule has 1 aliphatic heterocycles. The molecule has 2 aromatic carbocycles. The van der Waals surface area contributed by atoms with E-state index in [-0.39, 0.29) is 0 Å². The lowest BCUT2D eigenvalue weighted by molar-refractivity contribution is 0.356. The number of nitrogens with zero attached hydrogens (tertiary/aromatic N) is 2. The number of benzene rings is 2. The molecule has 1 N–H and O–H groups in total. The fourth-order valence-corrected chi connectivity index (χ4v) is 3.63. The van der Waals surface area contributed by atoms with Crippen LogP contribution in [-0.4, -0.2) is 37.7 Å². The molecule has 0 atom stereocenters. The molecule has 0 bridgehead atoms. The number of fused-ring (bicyclic) bond motifs is 1. The van der Waals surface area contributed by atoms with Crippen LogP contribution in [0.15, 0.2) is 36.4 Å². The minimum atomic E-state index is 0.619. The average molecular weight is 386 g/mol. The summed E-state index contributed by atoms with van der Waals surface area (Å²) in [5.41, 5.74) is 3.65. The standard InChI is InChI=1S/C20H20ClN3O3/c1-25-16-8-7-12(21)11-15(16)24-20-14(9-10-22-20)18(23-24)13-5-4-6-17(26-2)19(13)27-3/h4-8,11,22H,9-10H2,1-3H3. The zero-order chi connectivity index (χ0) is 19.0. The number of halogens is 1. The van der Waals surface area contributed by atoms with E-state index in [1.165, 1.54) is 0 Å². The molecule has 140 valence electrons. The van der Waals surface area contributed by atoms with E-state index < -0.39 is 0 Å². The quantitative estimate of drug-likeness (QED) is 0.713. The minimum absolute atomic E-state index is 0.619. The summed E-state index contributed by atoms with van der Waals surface area (Å²) in [4.78, 5) is 0. The number of hydrogen-bond donors (Lipinski definition) is 1. The summed E-state index contributed by atoms with van der Waals surface area (Å²) < 4.78 is 18.4. The molecule has 0 unspecified atom stereocenters. The van der Waals surface area contributed by atoms with Crippen LogP contribution in [0, 0.1) is 0 Å². The van der Waals surface area contributed by atoms with Gasteiger partial charge in [-0.15, -0.1) is 0 Å². The summed E-state index contributed by atoms with van der Waals surface area (Å²) in [5, 5.41) is 8.93. The Balaban J connectivity index is 1.95. The Bertz CT molecular complexity index is 1000. The van der Waals surface area contributed by atoms with E-state index in [0.717, 1.165) is 41.3 Å². The van der Waals surface area contributed by atoms with Gasteiger partial charge in [0, 0.05) is 22.7 Å². The first-order valence-electron chi connectivity index (χ1n) is 8.59. The van der Waals surface area contributed by atoms with Crippen LogP contribution >= 0.6 is 11.6 Å². The van der Waals surface area contributed by atoms with Gasteiger partial charge in [-0.1, -0.05) is 17.7 Å². The molecular weight excluding hydrogens is 366 g/mol. The first-order valence-corrected chi connectivity index (χ1v) is 8.96. The van der Waals surface area contributed by atoms with Gasteiger partial charge in [-0.2, -0.15) is 5.10 Å². The second-order valence-electron chi connectivity index (χ2n) is 6.12. The van der Waals surface area contributed by atoms with Crippen molar-refractivity contribution in [2.75, 3.05) is 33.2 Å². The number of anilines is 1. The van der Waals surface area contributed by atoms with Crippen molar-refractivity contribution in [3.8, 4) is 34.2 Å². The van der Waals surface area contributed by atoms with Crippen LogP contribution in [0.2, 0.25) is 5.02 Å². The summed E-state index contributed by atoms with van der Waals surface area (Å²) in [6, 6.07) is 11.3. The van der Waals surface area contributed by atoms with E-state index in [1.807, 2.05) is 35.0 Å². The zero-order valence-electron chi connectivity index (χ0n) is 15.4. The van der Waals surface area contributed by atoms with Crippen LogP contribution in [0.1, 0.15) is 5.56 Å². The Morgan fingerprint density at radius 1 is 1.04 bits per heavy atom. The third-order valence-electron chi connectivity index (χ3n) is 4.68. The molecule has 0 radical (unpaired) electrons. The molecule has 1 aromatic heterocycles. The normalized spacial score (nSPS) is 12.4. The summed E-state index contributed by atoms with van der Waals surface area (Å²) in [7, 11) is 4.90. The van der Waals surface area contributed by atoms with Gasteiger partial charge in [-0.25, -0.2) is 4.68 Å². The Morgan fingerprint density at radius 2 is 1.85 bits per heavy atom. The van der Waals surface area contributed by atoms with E-state index >= 15 is 0 Å². The Morgan fingerprint density at radius 3 is 2.59 bits per heavy atom. The maximum absolute atomic E-state index is 6.23. The SMILES string of the molecule is COc1ccc(Cl)cc1-n1nc(-c2cccc(OC)c2OC)c2c1NCC2. The number of ether oxygens (including phenoxy) is 3. The number of nitrogens with one attached hydrogen (secondary N) is 1. The van der Waals surface area contributed by atoms with Crippen LogP contribution in [0.3, 0.4) is 0 Å². The predicted molar refractivity (Wildman–Crippen MR) is 106 cm³/mol. The molecule has 0 aliphatic carbocycles. The smallest absolute Gasteiger partial charge is 0.170 e. The number of aromatic nitrogens is 2. The summed E-state index contributed by atoms with van der Waals surface area (Å²) >= 11 is 6.23. The van der Waals surface area contributed by atoms with Crippen molar-refractivity contribution in [1.29, 1.82) is 0 Å². The van der Waals surface area contributed by atoms with Crippen molar-refractivity contribution >= 4 is 17.4 Å². The molecular formula is C20H20ClN3O3. The molecule has 0 fully saturated rings. The fraction of sp³-hybridized carbons (Fsp3) is 0.250. The first kappa shape index (κ1) is 17.5. The molecule has 0 amide bonds. The average Bonchev–Trinajstić information content (AvgIpc) is 3.30. The van der Waals surface area contributed by atoms with Gasteiger partial charge in [-0.05, 0) is 36.8 Å². The van der Waals surface area contributed by atoms with Gasteiger partial charge < -0.3 is 19.5 Å². The van der Waals surface area contributed by atoms with Gasteiger partial charge in [0.15, 0.2) is 11.5 Å². The van der Waals surface area contributed by atoms with Gasteiger partial charge in [0.2, 0.25) is 0 Å². The van der Waals surface area contributed by atoms with Crippen molar-refractivity contribution < 1.29 is 14.2 Å². The molecule has 7 heteroatoms. The lowest BCUT2D eigenvalue weighted by atomic mass is 10.1. The molecule has 3 aromatic rings. The molecule has 1 aliphatic rings. The highest BCUT2D eigenvalue weighted by Gasteiger charge is 2.27. The Hall–Kier alpha value is -2.86. The second-order valence-corrected chi connectivity index (χ2v) is 6.56. The van der Waals surface area contributed by atoms with Crippen LogP contribution in [0.4, 0.5) is 5.82 Å². The number of methoxy groups -OCH3 is 3. The van der Waals surface area contributed by atoms with E-state index in [0.29, 0.717) is 22.3 Å². The van der Waals surface area contributed by atoms with Crippen molar-refractivity contribution in [2.24, 2.45) is 0 Å². The number of hydrogen-bond acceptors (Lipinski definition) is 5. The molecule has 0 saturated carbocycles. The molecule has 0 spiro atoms. The molecule has 6 nitrogen and oxygen atoms in total. The largest absolute Gasteiger partial charge is 0.494 e. The number of rotatable bonds is 5. The topological polar surface area (TPSA) is 57.5 Å². The summed E-state index contributed by atoms with van der Waals surface area (Å²) in [6.45, 7) is 0.843. The highest BCUT2D eigenvalue weighted by molar-refractivity contribution is 6.30. The van der Waals surface area contributed by atoms with Gasteiger partial charge in [0.05, 0.1) is 21.3 Å². The van der Waals surface area contributed by atoms with Crippen molar-refractivity contribution in [3.05, 3.63) is 47.0 Å². The summed E-state index contributed by atoms with van der Waals surface area (Å²) in [6.07, 6.45) is 0.869. The minimum Gasteiger partial charge on any atom is -0.494 e. The first-order chi connectivity index (χ1) is 13.2. The summed E-state index contributed by atoms with van der Waals surface area (Å²) in [5.74, 6) is 2.97. The van der Waals surface area contributed by atoms with Crippen LogP contribution in [-0.2, 0) is 6.42 Å². The lowest BCUT2D eigenvalue weighted by Crippen LogP contribution is -2.06. The van der Waals surface area contributed by atoms with E-state index in [1.54, 1.807) is 27.4 Å². The van der Waals surface area contributed by atoms with E-state index in [2.05, 4.69) is 5.32 Å². The van der Waals surface area contributed by atoms with Crippen molar-refractivity contribution in [2.45, 2.75) is 6.42 Å².